The van der Waals surface area contributed by atoms with Crippen molar-refractivity contribution in [1.82, 2.24) is 5.32 Å². The SMILES string of the molecule is CC(C)(C)C(=O)NC1CCC2Oc3ccc(C4CCCC4)cc3C3(COC(N)=N3)C2C1. The summed E-state index contributed by atoms with van der Waals surface area (Å²) >= 11 is 0. The van der Waals surface area contributed by atoms with Crippen LogP contribution in [0.25, 0.3) is 0 Å². The van der Waals surface area contributed by atoms with Crippen LogP contribution < -0.4 is 15.8 Å². The number of fused-ring (bicyclic) bond motifs is 4. The number of rotatable bonds is 2. The quantitative estimate of drug-likeness (QED) is 0.751. The molecule has 168 valence electrons. The van der Waals surface area contributed by atoms with Crippen molar-refractivity contribution in [3.05, 3.63) is 29.3 Å². The fraction of sp³-hybridized carbons (Fsp3) is 0.680. The maximum absolute atomic E-state index is 12.6. The van der Waals surface area contributed by atoms with Crippen LogP contribution in [-0.4, -0.2) is 30.7 Å². The number of amidine groups is 1. The van der Waals surface area contributed by atoms with Crippen LogP contribution in [0.2, 0.25) is 0 Å². The molecule has 2 fully saturated rings. The minimum Gasteiger partial charge on any atom is -0.490 e. The van der Waals surface area contributed by atoms with Gasteiger partial charge in [0.15, 0.2) is 0 Å². The van der Waals surface area contributed by atoms with Crippen molar-refractivity contribution >= 4 is 11.9 Å². The van der Waals surface area contributed by atoms with E-state index in [0.717, 1.165) is 30.6 Å². The summed E-state index contributed by atoms with van der Waals surface area (Å²) in [6.07, 6.45) is 7.79. The Bertz CT molecular complexity index is 900. The van der Waals surface area contributed by atoms with E-state index in [0.29, 0.717) is 12.5 Å². The Morgan fingerprint density at radius 2 is 1.97 bits per heavy atom. The zero-order chi connectivity index (χ0) is 21.8. The normalized spacial score (nSPS) is 32.6. The Morgan fingerprint density at radius 1 is 1.19 bits per heavy atom. The summed E-state index contributed by atoms with van der Waals surface area (Å²) in [6.45, 7) is 6.31. The summed E-state index contributed by atoms with van der Waals surface area (Å²) in [4.78, 5) is 17.5. The van der Waals surface area contributed by atoms with Crippen molar-refractivity contribution in [3.63, 3.8) is 0 Å². The molecule has 1 spiro atoms. The summed E-state index contributed by atoms with van der Waals surface area (Å²) in [6, 6.07) is 7.06. The van der Waals surface area contributed by atoms with E-state index in [4.69, 9.17) is 20.2 Å². The lowest BCUT2D eigenvalue weighted by atomic mass is 9.66. The predicted molar refractivity (Wildman–Crippen MR) is 120 cm³/mol. The molecule has 4 atom stereocenters. The Balaban J connectivity index is 1.49. The highest BCUT2D eigenvalue weighted by Crippen LogP contribution is 2.53. The standard InChI is InChI=1S/C25H35N3O3/c1-24(2,3)22(29)27-17-9-11-21-19(13-17)25(14-30-23(26)28-25)18-12-16(8-10-20(18)31-21)15-6-4-5-7-15/h8,10,12,15,17,19,21H,4-7,9,11,13-14H2,1-3H3,(H2,26,28)(H,27,29). The molecule has 2 aliphatic carbocycles. The highest BCUT2D eigenvalue weighted by atomic mass is 16.5. The summed E-state index contributed by atoms with van der Waals surface area (Å²) in [5.41, 5.74) is 7.63. The molecule has 6 heteroatoms. The van der Waals surface area contributed by atoms with Crippen LogP contribution in [0.3, 0.4) is 0 Å². The zero-order valence-electron chi connectivity index (χ0n) is 18.9. The molecule has 5 rings (SSSR count). The monoisotopic (exact) mass is 425 g/mol. The van der Waals surface area contributed by atoms with Crippen molar-refractivity contribution in [1.29, 1.82) is 0 Å². The number of nitrogens with two attached hydrogens (primary N) is 1. The molecule has 6 nitrogen and oxygen atoms in total. The van der Waals surface area contributed by atoms with Gasteiger partial charge in [-0.25, -0.2) is 4.99 Å². The maximum Gasteiger partial charge on any atom is 0.283 e. The molecule has 2 saturated carbocycles. The fourth-order valence-corrected chi connectivity index (χ4v) is 5.96. The van der Waals surface area contributed by atoms with Gasteiger partial charge in [0.25, 0.3) is 6.02 Å². The van der Waals surface area contributed by atoms with Crippen molar-refractivity contribution < 1.29 is 14.3 Å². The van der Waals surface area contributed by atoms with E-state index in [9.17, 15) is 4.79 Å². The van der Waals surface area contributed by atoms with Gasteiger partial charge in [-0.2, -0.15) is 0 Å². The first-order chi connectivity index (χ1) is 14.8. The number of amides is 1. The average molecular weight is 426 g/mol. The second-order valence-electron chi connectivity index (χ2n) is 10.9. The van der Waals surface area contributed by atoms with Crippen molar-refractivity contribution in [2.24, 2.45) is 22.1 Å². The first-order valence-corrected chi connectivity index (χ1v) is 11.9. The Labute approximate surface area is 185 Å². The van der Waals surface area contributed by atoms with Crippen molar-refractivity contribution in [3.8, 4) is 5.75 Å². The number of nitrogens with zero attached hydrogens (tertiary/aromatic N) is 1. The first-order valence-electron chi connectivity index (χ1n) is 11.9. The van der Waals surface area contributed by atoms with Crippen LogP contribution in [0.4, 0.5) is 0 Å². The van der Waals surface area contributed by atoms with E-state index in [2.05, 4.69) is 23.5 Å². The molecule has 1 aromatic rings. The molecule has 4 aliphatic rings. The Kier molecular flexibility index (Phi) is 4.94. The Hall–Kier alpha value is -2.24. The number of aliphatic imine (C=N–C) groups is 1. The van der Waals surface area contributed by atoms with Gasteiger partial charge in [-0.05, 0) is 55.7 Å². The minimum absolute atomic E-state index is 0.0610. The van der Waals surface area contributed by atoms with Gasteiger partial charge in [-0.1, -0.05) is 39.7 Å². The second kappa shape index (κ2) is 7.42. The fourth-order valence-electron chi connectivity index (χ4n) is 5.96. The summed E-state index contributed by atoms with van der Waals surface area (Å²) in [7, 11) is 0. The second-order valence-corrected chi connectivity index (χ2v) is 10.9. The molecule has 0 bridgehead atoms. The molecule has 1 aromatic carbocycles. The van der Waals surface area contributed by atoms with E-state index in [1.54, 1.807) is 0 Å². The lowest BCUT2D eigenvalue weighted by Gasteiger charge is -2.48. The van der Waals surface area contributed by atoms with Gasteiger partial charge in [0.1, 0.15) is 24.0 Å². The van der Waals surface area contributed by atoms with E-state index in [-0.39, 0.29) is 30.0 Å². The predicted octanol–water partition coefficient (Wildman–Crippen LogP) is 3.98. The zero-order valence-corrected chi connectivity index (χ0v) is 18.9. The van der Waals surface area contributed by atoms with Gasteiger partial charge in [0.2, 0.25) is 5.91 Å². The number of ether oxygens (including phenoxy) is 2. The third-order valence-corrected chi connectivity index (χ3v) is 7.74. The number of carbonyl (C=O) groups is 1. The molecule has 0 saturated heterocycles. The lowest BCUT2D eigenvalue weighted by molar-refractivity contribution is -0.130. The van der Waals surface area contributed by atoms with Crippen LogP contribution in [0, 0.1) is 11.3 Å². The van der Waals surface area contributed by atoms with Crippen LogP contribution in [0.1, 0.15) is 82.8 Å². The topological polar surface area (TPSA) is 85.9 Å². The molecule has 2 aliphatic heterocycles. The van der Waals surface area contributed by atoms with Crippen LogP contribution in [-0.2, 0) is 15.1 Å². The molecule has 3 N–H and O–H groups in total. The number of carbonyl (C=O) groups excluding carboxylic acids is 1. The molecule has 0 aromatic heterocycles. The minimum atomic E-state index is -0.526. The van der Waals surface area contributed by atoms with Gasteiger partial charge in [-0.3, -0.25) is 4.79 Å². The summed E-state index contributed by atoms with van der Waals surface area (Å²) < 4.78 is 12.3. The molecular weight excluding hydrogens is 390 g/mol. The van der Waals surface area contributed by atoms with Gasteiger partial charge in [0, 0.05) is 22.9 Å². The van der Waals surface area contributed by atoms with Crippen molar-refractivity contribution in [2.45, 2.75) is 89.3 Å². The van der Waals surface area contributed by atoms with Crippen LogP contribution >= 0.6 is 0 Å². The molecule has 0 radical (unpaired) electrons. The summed E-state index contributed by atoms with van der Waals surface area (Å²) in [5, 5.41) is 3.27. The average Bonchev–Trinajstić information content (AvgIpc) is 3.39. The summed E-state index contributed by atoms with van der Waals surface area (Å²) in [5.74, 6) is 1.76. The van der Waals surface area contributed by atoms with Crippen LogP contribution in [0.15, 0.2) is 23.2 Å². The maximum atomic E-state index is 12.6. The molecule has 4 unspecified atom stereocenters. The number of hydrogen-bond acceptors (Lipinski definition) is 5. The van der Waals surface area contributed by atoms with Crippen molar-refractivity contribution in [2.75, 3.05) is 6.61 Å². The lowest BCUT2D eigenvalue weighted by Crippen LogP contribution is -2.55. The highest BCUT2D eigenvalue weighted by Gasteiger charge is 2.55. The smallest absolute Gasteiger partial charge is 0.283 e. The third kappa shape index (κ3) is 3.58. The molecule has 31 heavy (non-hydrogen) atoms. The first kappa shape index (κ1) is 20.7. The van der Waals surface area contributed by atoms with Gasteiger partial charge < -0.3 is 20.5 Å². The number of hydrogen-bond donors (Lipinski definition) is 2. The third-order valence-electron chi connectivity index (χ3n) is 7.74. The van der Waals surface area contributed by atoms with E-state index in [1.165, 1.54) is 31.2 Å². The molecular formula is C25H35N3O3. The van der Waals surface area contributed by atoms with Crippen LogP contribution in [0.5, 0.6) is 5.75 Å². The number of nitrogens with one attached hydrogen (secondary N) is 1. The largest absolute Gasteiger partial charge is 0.490 e. The van der Waals surface area contributed by atoms with Gasteiger partial charge in [-0.15, -0.1) is 0 Å². The molecule has 2 heterocycles. The van der Waals surface area contributed by atoms with Gasteiger partial charge in [0.05, 0.1) is 0 Å². The van der Waals surface area contributed by atoms with E-state index < -0.39 is 11.0 Å². The molecule has 1 amide bonds. The van der Waals surface area contributed by atoms with E-state index in [1.807, 2.05) is 20.8 Å². The van der Waals surface area contributed by atoms with E-state index >= 15 is 0 Å². The highest BCUT2D eigenvalue weighted by molar-refractivity contribution is 5.81. The number of benzene rings is 1. The Morgan fingerprint density at radius 3 is 2.65 bits per heavy atom. The van der Waals surface area contributed by atoms with Gasteiger partial charge >= 0.3 is 0 Å².